The van der Waals surface area contributed by atoms with Crippen molar-refractivity contribution in [3.05, 3.63) is 54.0 Å². The van der Waals surface area contributed by atoms with E-state index in [1.165, 1.54) is 5.56 Å². The van der Waals surface area contributed by atoms with Crippen LogP contribution in [0.1, 0.15) is 32.3 Å². The molecule has 1 aliphatic carbocycles. The van der Waals surface area contributed by atoms with Gasteiger partial charge in [-0.1, -0.05) is 26.0 Å². The molecule has 29 heavy (non-hydrogen) atoms. The van der Waals surface area contributed by atoms with Crippen molar-refractivity contribution in [2.75, 3.05) is 13.1 Å². The third-order valence-electron chi connectivity index (χ3n) is 5.16. The fourth-order valence-corrected chi connectivity index (χ4v) is 3.57. The average molecular weight is 396 g/mol. The van der Waals surface area contributed by atoms with E-state index in [9.17, 15) is 9.59 Å². The summed E-state index contributed by atoms with van der Waals surface area (Å²) in [6, 6.07) is 5.85. The summed E-state index contributed by atoms with van der Waals surface area (Å²) >= 11 is 0. The van der Waals surface area contributed by atoms with Crippen molar-refractivity contribution < 1.29 is 9.59 Å². The van der Waals surface area contributed by atoms with E-state index in [1.807, 2.05) is 44.2 Å². The Labute approximate surface area is 172 Å². The summed E-state index contributed by atoms with van der Waals surface area (Å²) in [5, 5.41) is 14.7. The molecular weight excluding hydrogens is 366 g/mol. The molecule has 1 heterocycles. The van der Waals surface area contributed by atoms with Crippen LogP contribution in [0.3, 0.4) is 0 Å². The van der Waals surface area contributed by atoms with Gasteiger partial charge in [0.1, 0.15) is 6.54 Å². The number of hydrogen-bond donors (Lipinski definition) is 3. The van der Waals surface area contributed by atoms with Crippen molar-refractivity contribution in [1.29, 1.82) is 5.26 Å². The van der Waals surface area contributed by atoms with Gasteiger partial charge in [0.2, 0.25) is 11.8 Å². The van der Waals surface area contributed by atoms with Gasteiger partial charge in [-0.15, -0.1) is 0 Å². The van der Waals surface area contributed by atoms with E-state index in [4.69, 9.17) is 11.0 Å². The van der Waals surface area contributed by atoms with Gasteiger partial charge in [-0.3, -0.25) is 14.6 Å². The van der Waals surface area contributed by atoms with E-state index < -0.39 is 17.2 Å². The molecule has 0 bridgehead atoms. The molecule has 2 amide bonds. The Hall–Kier alpha value is -3.14. The van der Waals surface area contributed by atoms with Gasteiger partial charge in [0.25, 0.3) is 0 Å². The van der Waals surface area contributed by atoms with Crippen LogP contribution in [0.15, 0.2) is 48.5 Å². The van der Waals surface area contributed by atoms with Crippen LogP contribution in [0.2, 0.25) is 0 Å². The van der Waals surface area contributed by atoms with Gasteiger partial charge in [0, 0.05) is 24.6 Å². The molecule has 4 N–H and O–H groups in total. The molecular formula is C22H29N5O2. The molecule has 0 saturated carbocycles. The second kappa shape index (κ2) is 10.4. The molecule has 0 radical (unpaired) electrons. The highest BCUT2D eigenvalue weighted by Crippen LogP contribution is 2.40. The molecule has 0 fully saturated rings. The number of nitrogens with one attached hydrogen (secondary N) is 2. The van der Waals surface area contributed by atoms with Crippen molar-refractivity contribution in [1.82, 2.24) is 15.6 Å². The van der Waals surface area contributed by atoms with Crippen LogP contribution in [0, 0.1) is 28.6 Å². The Kier molecular flexibility index (Phi) is 7.96. The predicted molar refractivity (Wildman–Crippen MR) is 111 cm³/mol. The number of pyridine rings is 1. The summed E-state index contributed by atoms with van der Waals surface area (Å²) in [6.45, 7) is 4.63. The summed E-state index contributed by atoms with van der Waals surface area (Å²) in [5.41, 5.74) is 6.76. The maximum atomic E-state index is 12.7. The number of hydrogen-bond acceptors (Lipinski definition) is 5. The zero-order valence-corrected chi connectivity index (χ0v) is 17.0. The van der Waals surface area contributed by atoms with Crippen molar-refractivity contribution in [2.24, 2.45) is 23.0 Å². The molecule has 7 nitrogen and oxygen atoms in total. The first-order valence-electron chi connectivity index (χ1n) is 9.85. The Morgan fingerprint density at radius 2 is 2.07 bits per heavy atom. The van der Waals surface area contributed by atoms with Gasteiger partial charge in [0.05, 0.1) is 17.4 Å². The molecule has 1 unspecified atom stereocenters. The monoisotopic (exact) mass is 395 g/mol. The lowest BCUT2D eigenvalue weighted by Gasteiger charge is -2.37. The molecule has 0 saturated heterocycles. The lowest BCUT2D eigenvalue weighted by molar-refractivity contribution is -0.138. The SMILES string of the molecule is CC(C)C[C@H](C(=O)NCC#N)C1(C(N)=O)C=CC(NCCc2ccncc2)=CC1. The van der Waals surface area contributed by atoms with Gasteiger partial charge in [-0.05, 0) is 49.0 Å². The average Bonchev–Trinajstić information content (AvgIpc) is 2.71. The fourth-order valence-electron chi connectivity index (χ4n) is 3.57. The van der Waals surface area contributed by atoms with Crippen LogP contribution in [0.25, 0.3) is 0 Å². The van der Waals surface area contributed by atoms with E-state index in [-0.39, 0.29) is 18.4 Å². The summed E-state index contributed by atoms with van der Waals surface area (Å²) < 4.78 is 0. The standard InChI is InChI=1S/C22H29N5O2/c1-16(2)15-19(20(28)27-14-10-23)22(21(24)29)8-3-18(4-9-22)26-13-7-17-5-11-25-12-6-17/h3-6,8,11-12,16,19,26H,7,9,13-15H2,1-2H3,(H2,24,29)(H,27,28)/t19-,22?/m1/s1. The number of amides is 2. The molecule has 0 spiro atoms. The number of nitriles is 1. The first kappa shape index (κ1) is 22.2. The number of nitrogens with zero attached hydrogens (tertiary/aromatic N) is 2. The van der Waals surface area contributed by atoms with Gasteiger partial charge in [0.15, 0.2) is 0 Å². The smallest absolute Gasteiger partial charge is 0.228 e. The second-order valence-corrected chi connectivity index (χ2v) is 7.69. The van der Waals surface area contributed by atoms with E-state index in [0.717, 1.165) is 18.7 Å². The molecule has 1 aromatic rings. The molecule has 0 aliphatic heterocycles. The summed E-state index contributed by atoms with van der Waals surface area (Å²) in [6.07, 6.45) is 10.7. The minimum absolute atomic E-state index is 0.0936. The molecule has 7 heteroatoms. The number of carbonyl (C=O) groups is 2. The maximum absolute atomic E-state index is 12.7. The van der Waals surface area contributed by atoms with Crippen molar-refractivity contribution >= 4 is 11.8 Å². The first-order valence-corrected chi connectivity index (χ1v) is 9.85. The third-order valence-corrected chi connectivity index (χ3v) is 5.16. The van der Waals surface area contributed by atoms with E-state index in [1.54, 1.807) is 18.5 Å². The molecule has 1 aromatic heterocycles. The van der Waals surface area contributed by atoms with Crippen molar-refractivity contribution in [2.45, 2.75) is 33.1 Å². The number of aromatic nitrogens is 1. The van der Waals surface area contributed by atoms with E-state index in [0.29, 0.717) is 12.8 Å². The number of nitrogens with two attached hydrogens (primary N) is 1. The van der Waals surface area contributed by atoms with Gasteiger partial charge in [-0.25, -0.2) is 0 Å². The number of rotatable bonds is 10. The van der Waals surface area contributed by atoms with Gasteiger partial charge < -0.3 is 16.4 Å². The topological polar surface area (TPSA) is 121 Å². The van der Waals surface area contributed by atoms with Crippen LogP contribution >= 0.6 is 0 Å². The minimum atomic E-state index is -1.10. The molecule has 154 valence electrons. The van der Waals surface area contributed by atoms with Crippen LogP contribution < -0.4 is 16.4 Å². The lowest BCUT2D eigenvalue weighted by atomic mass is 9.67. The third kappa shape index (κ3) is 5.92. The zero-order valence-electron chi connectivity index (χ0n) is 17.0. The van der Waals surface area contributed by atoms with Gasteiger partial charge >= 0.3 is 0 Å². The first-order chi connectivity index (χ1) is 13.9. The van der Waals surface area contributed by atoms with Crippen molar-refractivity contribution in [3.8, 4) is 6.07 Å². The molecule has 1 aliphatic rings. The molecule has 2 atom stereocenters. The van der Waals surface area contributed by atoms with Crippen LogP contribution in [0.5, 0.6) is 0 Å². The quantitative estimate of drug-likeness (QED) is 0.522. The molecule has 2 rings (SSSR count). The summed E-state index contributed by atoms with van der Waals surface area (Å²) in [5.74, 6) is -1.27. The predicted octanol–water partition coefficient (Wildman–Crippen LogP) is 1.83. The minimum Gasteiger partial charge on any atom is -0.385 e. The highest BCUT2D eigenvalue weighted by atomic mass is 16.2. The van der Waals surface area contributed by atoms with E-state index in [2.05, 4.69) is 15.6 Å². The van der Waals surface area contributed by atoms with Crippen LogP contribution in [-0.2, 0) is 16.0 Å². The maximum Gasteiger partial charge on any atom is 0.228 e. The van der Waals surface area contributed by atoms with Crippen LogP contribution in [0.4, 0.5) is 0 Å². The number of allylic oxidation sites excluding steroid dienone is 2. The van der Waals surface area contributed by atoms with E-state index >= 15 is 0 Å². The highest BCUT2D eigenvalue weighted by molar-refractivity contribution is 5.92. The Balaban J connectivity index is 2.09. The Bertz CT molecular complexity index is 810. The Morgan fingerprint density at radius 3 is 2.62 bits per heavy atom. The number of primary amides is 1. The Morgan fingerprint density at radius 1 is 1.34 bits per heavy atom. The van der Waals surface area contributed by atoms with Gasteiger partial charge in [-0.2, -0.15) is 5.26 Å². The normalized spacial score (nSPS) is 19.2. The van der Waals surface area contributed by atoms with Crippen LogP contribution in [-0.4, -0.2) is 29.9 Å². The van der Waals surface area contributed by atoms with Crippen molar-refractivity contribution in [3.63, 3.8) is 0 Å². The highest BCUT2D eigenvalue weighted by Gasteiger charge is 2.46. The fraction of sp³-hybridized carbons (Fsp3) is 0.455. The summed E-state index contributed by atoms with van der Waals surface area (Å²) in [4.78, 5) is 29.2. The lowest BCUT2D eigenvalue weighted by Crippen LogP contribution is -2.49. The number of carbonyl (C=O) groups excluding carboxylic acids is 2. The second-order valence-electron chi connectivity index (χ2n) is 7.69. The zero-order chi connectivity index (χ0) is 21.3. The largest absolute Gasteiger partial charge is 0.385 e. The molecule has 0 aromatic carbocycles. The summed E-state index contributed by atoms with van der Waals surface area (Å²) in [7, 11) is 0.